The van der Waals surface area contributed by atoms with E-state index >= 15 is 0 Å². The molecule has 0 bridgehead atoms. The normalized spacial score (nSPS) is 12.0. The summed E-state index contributed by atoms with van der Waals surface area (Å²) in [5, 5.41) is 10.2. The molecular weight excluding hydrogens is 487 g/mol. The second-order valence-corrected chi connectivity index (χ2v) is 8.97. The van der Waals surface area contributed by atoms with Crippen LogP contribution >= 0.6 is 0 Å². The Morgan fingerprint density at radius 2 is 1.71 bits per heavy atom. The number of pyridine rings is 2. The standard InChI is InChI=1S/C21H18F3N7O3S/c22-21(23,24)11-28-19-18-16(6-5-15(29-18)13-7-8-26-17(32)9-13)30-20(31-19)27-10-12-1-3-14(4-2-12)35(25,33)34/h1-9H,10-11H2,(H,26,32)(H2,25,33,34)(H2,27,28,30,31). The lowest BCUT2D eigenvalue weighted by molar-refractivity contribution is -0.115. The number of rotatable bonds is 7. The maximum atomic E-state index is 12.9. The summed E-state index contributed by atoms with van der Waals surface area (Å²) in [5.41, 5.74) is 1.50. The molecule has 10 nitrogen and oxygen atoms in total. The number of benzene rings is 1. The second kappa shape index (κ2) is 9.31. The Kier molecular flexibility index (Phi) is 6.41. The first-order chi connectivity index (χ1) is 16.5. The van der Waals surface area contributed by atoms with Gasteiger partial charge < -0.3 is 15.6 Å². The summed E-state index contributed by atoms with van der Waals surface area (Å²) in [6, 6.07) is 11.8. The molecule has 1 aromatic carbocycles. The summed E-state index contributed by atoms with van der Waals surface area (Å²) in [7, 11) is -3.83. The van der Waals surface area contributed by atoms with Gasteiger partial charge in [0, 0.05) is 24.4 Å². The minimum Gasteiger partial charge on any atom is -0.359 e. The van der Waals surface area contributed by atoms with Crippen molar-refractivity contribution in [3.63, 3.8) is 0 Å². The summed E-state index contributed by atoms with van der Waals surface area (Å²) in [4.78, 5) is 26.9. The molecule has 0 aliphatic carbocycles. The number of aromatic nitrogens is 4. The van der Waals surface area contributed by atoms with E-state index in [1.165, 1.54) is 36.5 Å². The van der Waals surface area contributed by atoms with E-state index in [0.717, 1.165) is 0 Å². The van der Waals surface area contributed by atoms with Gasteiger partial charge in [0.15, 0.2) is 5.82 Å². The van der Waals surface area contributed by atoms with Crippen LogP contribution in [0.5, 0.6) is 0 Å². The predicted molar refractivity (Wildman–Crippen MR) is 123 cm³/mol. The highest BCUT2D eigenvalue weighted by atomic mass is 32.2. The third kappa shape index (κ3) is 6.10. The van der Waals surface area contributed by atoms with Crippen LogP contribution in [0.25, 0.3) is 22.3 Å². The number of halogens is 3. The van der Waals surface area contributed by atoms with Gasteiger partial charge in [-0.2, -0.15) is 18.2 Å². The molecule has 3 heterocycles. The number of hydrogen-bond acceptors (Lipinski definition) is 8. The van der Waals surface area contributed by atoms with Gasteiger partial charge >= 0.3 is 6.18 Å². The highest BCUT2D eigenvalue weighted by Crippen LogP contribution is 2.26. The molecule has 0 saturated carbocycles. The molecule has 3 aromatic heterocycles. The molecule has 182 valence electrons. The summed E-state index contributed by atoms with van der Waals surface area (Å²) < 4.78 is 61.4. The van der Waals surface area contributed by atoms with E-state index in [0.29, 0.717) is 16.8 Å². The Morgan fingerprint density at radius 1 is 0.971 bits per heavy atom. The van der Waals surface area contributed by atoms with Gasteiger partial charge in [-0.1, -0.05) is 12.1 Å². The van der Waals surface area contributed by atoms with Gasteiger partial charge in [-0.05, 0) is 35.9 Å². The van der Waals surface area contributed by atoms with E-state index in [1.54, 1.807) is 18.2 Å². The number of aromatic amines is 1. The van der Waals surface area contributed by atoms with Crippen molar-refractivity contribution < 1.29 is 21.6 Å². The Morgan fingerprint density at radius 3 is 2.37 bits per heavy atom. The van der Waals surface area contributed by atoms with Crippen molar-refractivity contribution in [3.8, 4) is 11.3 Å². The summed E-state index contributed by atoms with van der Waals surface area (Å²) in [6.07, 6.45) is -3.06. The van der Waals surface area contributed by atoms with Gasteiger partial charge in [0.05, 0.1) is 16.1 Å². The summed E-state index contributed by atoms with van der Waals surface area (Å²) in [5.74, 6) is -0.116. The minimum absolute atomic E-state index is 0.0309. The number of hydrogen-bond donors (Lipinski definition) is 4. The lowest BCUT2D eigenvalue weighted by Crippen LogP contribution is -2.22. The zero-order chi connectivity index (χ0) is 25.2. The van der Waals surface area contributed by atoms with E-state index in [9.17, 15) is 26.4 Å². The summed E-state index contributed by atoms with van der Waals surface area (Å²) in [6.45, 7) is -1.18. The van der Waals surface area contributed by atoms with Gasteiger partial charge in [0.1, 0.15) is 12.1 Å². The van der Waals surface area contributed by atoms with E-state index in [2.05, 4.69) is 30.6 Å². The topological polar surface area (TPSA) is 156 Å². The van der Waals surface area contributed by atoms with Gasteiger partial charge in [-0.25, -0.2) is 23.5 Å². The van der Waals surface area contributed by atoms with Crippen LogP contribution in [0.3, 0.4) is 0 Å². The van der Waals surface area contributed by atoms with Crippen molar-refractivity contribution in [2.45, 2.75) is 17.6 Å². The number of nitrogens with two attached hydrogens (primary N) is 1. The van der Waals surface area contributed by atoms with E-state index in [-0.39, 0.29) is 39.8 Å². The SMILES string of the molecule is NS(=O)(=O)c1ccc(CNc2nc(NCC(F)(F)F)c3nc(-c4cc[nH]c(=O)c4)ccc3n2)cc1. The van der Waals surface area contributed by atoms with Crippen molar-refractivity contribution in [3.05, 3.63) is 70.6 Å². The van der Waals surface area contributed by atoms with Crippen LogP contribution in [0.1, 0.15) is 5.56 Å². The van der Waals surface area contributed by atoms with Crippen molar-refractivity contribution >= 4 is 32.8 Å². The molecule has 0 saturated heterocycles. The van der Waals surface area contributed by atoms with Crippen LogP contribution in [0.15, 0.2) is 64.4 Å². The average molecular weight is 505 g/mol. The monoisotopic (exact) mass is 505 g/mol. The molecule has 0 radical (unpaired) electrons. The third-order valence-corrected chi connectivity index (χ3v) is 5.70. The fourth-order valence-electron chi connectivity index (χ4n) is 3.14. The molecular formula is C21H18F3N7O3S. The largest absolute Gasteiger partial charge is 0.405 e. The van der Waals surface area contributed by atoms with Gasteiger partial charge in [0.25, 0.3) is 0 Å². The number of primary sulfonamides is 1. The van der Waals surface area contributed by atoms with E-state index in [4.69, 9.17) is 5.14 Å². The maximum absolute atomic E-state index is 12.9. The van der Waals surface area contributed by atoms with Crippen molar-refractivity contribution in [2.24, 2.45) is 5.14 Å². The minimum atomic E-state index is -4.50. The fraction of sp³-hybridized carbons (Fsp3) is 0.143. The number of nitrogens with one attached hydrogen (secondary N) is 3. The molecule has 0 aliphatic heterocycles. The van der Waals surface area contributed by atoms with Crippen molar-refractivity contribution in [1.29, 1.82) is 0 Å². The Bertz CT molecular complexity index is 1540. The van der Waals surface area contributed by atoms with Crippen LogP contribution in [-0.4, -0.2) is 41.1 Å². The van der Waals surface area contributed by atoms with Crippen LogP contribution in [-0.2, 0) is 16.6 Å². The number of H-pyrrole nitrogens is 1. The Labute approximate surface area is 196 Å². The van der Waals surface area contributed by atoms with Crippen molar-refractivity contribution in [1.82, 2.24) is 19.9 Å². The van der Waals surface area contributed by atoms with Crippen LogP contribution in [0.4, 0.5) is 24.9 Å². The average Bonchev–Trinajstić information content (AvgIpc) is 2.80. The Hall–Kier alpha value is -4.04. The zero-order valence-electron chi connectivity index (χ0n) is 17.8. The maximum Gasteiger partial charge on any atom is 0.405 e. The first-order valence-electron chi connectivity index (χ1n) is 10.0. The van der Waals surface area contributed by atoms with E-state index in [1.807, 2.05) is 0 Å². The molecule has 0 aliphatic rings. The van der Waals surface area contributed by atoms with Crippen LogP contribution in [0, 0.1) is 0 Å². The highest BCUT2D eigenvalue weighted by Gasteiger charge is 2.27. The molecule has 0 fully saturated rings. The third-order valence-electron chi connectivity index (χ3n) is 4.77. The molecule has 0 atom stereocenters. The number of sulfonamides is 1. The first-order valence-corrected chi connectivity index (χ1v) is 11.6. The molecule has 0 amide bonds. The molecule has 0 spiro atoms. The summed E-state index contributed by atoms with van der Waals surface area (Å²) >= 11 is 0. The lowest BCUT2D eigenvalue weighted by atomic mass is 10.1. The first kappa shape index (κ1) is 24.1. The van der Waals surface area contributed by atoms with Gasteiger partial charge in [-0.3, -0.25) is 4.79 Å². The molecule has 0 unspecified atom stereocenters. The molecule has 35 heavy (non-hydrogen) atoms. The number of nitrogens with zero attached hydrogens (tertiary/aromatic N) is 3. The van der Waals surface area contributed by atoms with Gasteiger partial charge in [0.2, 0.25) is 21.5 Å². The van der Waals surface area contributed by atoms with Gasteiger partial charge in [-0.15, -0.1) is 0 Å². The smallest absolute Gasteiger partial charge is 0.359 e. The quantitative estimate of drug-likeness (QED) is 0.299. The lowest BCUT2D eigenvalue weighted by Gasteiger charge is -2.13. The van der Waals surface area contributed by atoms with Crippen LogP contribution in [0.2, 0.25) is 0 Å². The van der Waals surface area contributed by atoms with Crippen LogP contribution < -0.4 is 21.3 Å². The highest BCUT2D eigenvalue weighted by molar-refractivity contribution is 7.89. The second-order valence-electron chi connectivity index (χ2n) is 7.41. The number of anilines is 2. The Balaban J connectivity index is 1.66. The number of fused-ring (bicyclic) bond motifs is 1. The zero-order valence-corrected chi connectivity index (χ0v) is 18.6. The molecule has 4 rings (SSSR count). The van der Waals surface area contributed by atoms with E-state index < -0.39 is 22.7 Å². The molecule has 4 aromatic rings. The molecule has 5 N–H and O–H groups in total. The van der Waals surface area contributed by atoms with Crippen molar-refractivity contribution in [2.75, 3.05) is 17.2 Å². The number of alkyl halides is 3. The predicted octanol–water partition coefficient (Wildman–Crippen LogP) is 2.61. The molecule has 14 heteroatoms. The fourth-order valence-corrected chi connectivity index (χ4v) is 3.66.